The number of nitrogens with zero attached hydrogens (tertiary/aromatic N) is 6. The Morgan fingerprint density at radius 2 is 1.86 bits per heavy atom. The summed E-state index contributed by atoms with van der Waals surface area (Å²) in [4.78, 5) is 22.0. The number of hydrogen-bond acceptors (Lipinski definition) is 8. The Hall–Kier alpha value is -4.57. The van der Waals surface area contributed by atoms with Crippen LogP contribution in [0.15, 0.2) is 77.5 Å². The van der Waals surface area contributed by atoms with Gasteiger partial charge in [0.1, 0.15) is 12.4 Å². The molecule has 0 saturated carbocycles. The van der Waals surface area contributed by atoms with Crippen LogP contribution in [0.25, 0.3) is 22.3 Å². The molecule has 3 aromatic heterocycles. The summed E-state index contributed by atoms with van der Waals surface area (Å²) in [5, 5.41) is 15.2. The van der Waals surface area contributed by atoms with E-state index >= 15 is 0 Å². The summed E-state index contributed by atoms with van der Waals surface area (Å²) in [6.45, 7) is 3.84. The van der Waals surface area contributed by atoms with Crippen molar-refractivity contribution in [3.63, 3.8) is 0 Å². The SMILES string of the molecule is O=C(c1occc1COc1cccc(-c2nn[nH]n2)c1)N1CCN(Cc2cccc3cccnc23)CC1. The number of carbonyl (C=O) groups is 1. The lowest BCUT2D eigenvalue weighted by Crippen LogP contribution is -2.48. The predicted octanol–water partition coefficient (Wildman–Crippen LogP) is 3.54. The number of benzene rings is 2. The molecular formula is C27H25N7O3. The smallest absolute Gasteiger partial charge is 0.290 e. The molecule has 1 saturated heterocycles. The van der Waals surface area contributed by atoms with Gasteiger partial charge in [-0.05, 0) is 35.0 Å². The van der Waals surface area contributed by atoms with Crippen LogP contribution in [0.1, 0.15) is 21.7 Å². The molecule has 1 aliphatic rings. The van der Waals surface area contributed by atoms with E-state index < -0.39 is 0 Å². The topological polar surface area (TPSA) is 113 Å². The number of nitrogens with one attached hydrogen (secondary N) is 1. The number of pyridine rings is 1. The molecule has 37 heavy (non-hydrogen) atoms. The lowest BCUT2D eigenvalue weighted by atomic mass is 10.1. The van der Waals surface area contributed by atoms with E-state index in [0.29, 0.717) is 36.0 Å². The molecule has 0 spiro atoms. The normalized spacial score (nSPS) is 14.2. The van der Waals surface area contributed by atoms with E-state index in [0.717, 1.165) is 36.1 Å². The molecule has 4 heterocycles. The van der Waals surface area contributed by atoms with Gasteiger partial charge in [0.05, 0.1) is 11.8 Å². The van der Waals surface area contributed by atoms with Crippen molar-refractivity contribution in [2.24, 2.45) is 0 Å². The third-order valence-corrected chi connectivity index (χ3v) is 6.54. The van der Waals surface area contributed by atoms with Crippen LogP contribution >= 0.6 is 0 Å². The minimum Gasteiger partial charge on any atom is -0.489 e. The van der Waals surface area contributed by atoms with Crippen LogP contribution < -0.4 is 4.74 Å². The van der Waals surface area contributed by atoms with Gasteiger partial charge in [-0.3, -0.25) is 14.7 Å². The molecule has 5 aromatic rings. The first-order chi connectivity index (χ1) is 18.2. The van der Waals surface area contributed by atoms with Crippen LogP contribution in [-0.2, 0) is 13.2 Å². The van der Waals surface area contributed by atoms with E-state index in [1.807, 2.05) is 41.4 Å². The standard InChI is InChI=1S/C27H25N7O3/c35-27(34-13-11-33(12-14-34)17-21-6-1-4-19-7-3-10-28-24(19)21)25-22(9-15-36-25)18-37-23-8-2-5-20(16-23)26-29-31-32-30-26/h1-10,15-16H,11-14,17-18H2,(H,29,30,31,32). The quantitative estimate of drug-likeness (QED) is 0.365. The number of furan rings is 1. The summed E-state index contributed by atoms with van der Waals surface area (Å²) in [7, 11) is 0. The molecule has 6 rings (SSSR count). The maximum absolute atomic E-state index is 13.3. The van der Waals surface area contributed by atoms with E-state index in [4.69, 9.17) is 9.15 Å². The molecule has 1 aliphatic heterocycles. The maximum Gasteiger partial charge on any atom is 0.290 e. The number of ether oxygens (including phenoxy) is 1. The third kappa shape index (κ3) is 4.91. The van der Waals surface area contributed by atoms with Crippen molar-refractivity contribution >= 4 is 16.8 Å². The van der Waals surface area contributed by atoms with E-state index in [1.54, 1.807) is 6.07 Å². The molecule has 0 bridgehead atoms. The van der Waals surface area contributed by atoms with E-state index in [-0.39, 0.29) is 12.5 Å². The highest BCUT2D eigenvalue weighted by Gasteiger charge is 2.26. The highest BCUT2D eigenvalue weighted by Crippen LogP contribution is 2.23. The van der Waals surface area contributed by atoms with Crippen LogP contribution in [0, 0.1) is 0 Å². The highest BCUT2D eigenvalue weighted by atomic mass is 16.5. The maximum atomic E-state index is 13.3. The van der Waals surface area contributed by atoms with Crippen molar-refractivity contribution in [3.8, 4) is 17.1 Å². The van der Waals surface area contributed by atoms with Gasteiger partial charge in [0.15, 0.2) is 5.76 Å². The Morgan fingerprint density at radius 1 is 1.00 bits per heavy atom. The van der Waals surface area contributed by atoms with E-state index in [9.17, 15) is 4.79 Å². The average Bonchev–Trinajstić information content (AvgIpc) is 3.65. The minimum atomic E-state index is -0.115. The number of aromatic nitrogens is 5. The van der Waals surface area contributed by atoms with Crippen molar-refractivity contribution in [2.45, 2.75) is 13.2 Å². The predicted molar refractivity (Wildman–Crippen MR) is 136 cm³/mol. The van der Waals surface area contributed by atoms with Gasteiger partial charge >= 0.3 is 0 Å². The van der Waals surface area contributed by atoms with Gasteiger partial charge in [0.2, 0.25) is 5.82 Å². The Kier molecular flexibility index (Phi) is 6.30. The van der Waals surface area contributed by atoms with Crippen molar-refractivity contribution < 1.29 is 13.9 Å². The van der Waals surface area contributed by atoms with Crippen molar-refractivity contribution in [3.05, 3.63) is 90.0 Å². The van der Waals surface area contributed by atoms with E-state index in [1.165, 1.54) is 11.8 Å². The van der Waals surface area contributed by atoms with Gasteiger partial charge < -0.3 is 14.1 Å². The number of hydrogen-bond donors (Lipinski definition) is 1. The Balaban J connectivity index is 1.07. The zero-order valence-electron chi connectivity index (χ0n) is 20.1. The molecule has 1 fully saturated rings. The fraction of sp³-hybridized carbons (Fsp3) is 0.222. The second-order valence-electron chi connectivity index (χ2n) is 8.89. The number of piperazine rings is 1. The molecule has 10 heteroatoms. The molecule has 0 aliphatic carbocycles. The van der Waals surface area contributed by atoms with Gasteiger partial charge in [-0.1, -0.05) is 36.4 Å². The Bertz CT molecular complexity index is 1500. The minimum absolute atomic E-state index is 0.115. The number of carbonyl (C=O) groups excluding carboxylic acids is 1. The van der Waals surface area contributed by atoms with Gasteiger partial charge in [0, 0.05) is 55.4 Å². The molecule has 0 radical (unpaired) electrons. The second-order valence-corrected chi connectivity index (χ2v) is 8.89. The first-order valence-electron chi connectivity index (χ1n) is 12.1. The third-order valence-electron chi connectivity index (χ3n) is 6.54. The zero-order valence-corrected chi connectivity index (χ0v) is 20.1. The Labute approximate surface area is 212 Å². The van der Waals surface area contributed by atoms with Gasteiger partial charge in [0.25, 0.3) is 5.91 Å². The first-order valence-corrected chi connectivity index (χ1v) is 12.1. The van der Waals surface area contributed by atoms with Gasteiger partial charge in [-0.2, -0.15) is 5.21 Å². The summed E-state index contributed by atoms with van der Waals surface area (Å²) in [6, 6.07) is 19.5. The number of para-hydroxylation sites is 1. The number of fused-ring (bicyclic) bond motifs is 1. The van der Waals surface area contributed by atoms with Crippen molar-refractivity contribution in [1.82, 2.24) is 35.4 Å². The number of rotatable bonds is 7. The Morgan fingerprint density at radius 3 is 2.73 bits per heavy atom. The van der Waals surface area contributed by atoms with Gasteiger partial charge in [-0.15, -0.1) is 10.2 Å². The van der Waals surface area contributed by atoms with Crippen LogP contribution in [0.3, 0.4) is 0 Å². The summed E-state index contributed by atoms with van der Waals surface area (Å²) in [5.41, 5.74) is 3.73. The molecule has 1 amide bonds. The molecule has 0 unspecified atom stereocenters. The number of amides is 1. The summed E-state index contributed by atoms with van der Waals surface area (Å²) in [6.07, 6.45) is 3.36. The zero-order chi connectivity index (χ0) is 25.0. The molecule has 10 nitrogen and oxygen atoms in total. The van der Waals surface area contributed by atoms with Crippen LogP contribution in [0.5, 0.6) is 5.75 Å². The molecule has 0 atom stereocenters. The fourth-order valence-electron chi connectivity index (χ4n) is 4.60. The summed E-state index contributed by atoms with van der Waals surface area (Å²) in [5.74, 6) is 1.33. The van der Waals surface area contributed by atoms with Crippen LogP contribution in [0.4, 0.5) is 0 Å². The molecule has 186 valence electrons. The first kappa shape index (κ1) is 22.9. The van der Waals surface area contributed by atoms with Gasteiger partial charge in [-0.25, -0.2) is 0 Å². The lowest BCUT2D eigenvalue weighted by Gasteiger charge is -2.34. The lowest BCUT2D eigenvalue weighted by molar-refractivity contribution is 0.0594. The van der Waals surface area contributed by atoms with Crippen molar-refractivity contribution in [1.29, 1.82) is 0 Å². The molecule has 1 N–H and O–H groups in total. The van der Waals surface area contributed by atoms with Crippen LogP contribution in [0.2, 0.25) is 0 Å². The molecule has 2 aromatic carbocycles. The van der Waals surface area contributed by atoms with Crippen LogP contribution in [-0.4, -0.2) is 67.5 Å². The highest BCUT2D eigenvalue weighted by molar-refractivity contribution is 5.93. The van der Waals surface area contributed by atoms with E-state index in [2.05, 4.69) is 54.8 Å². The largest absolute Gasteiger partial charge is 0.489 e. The number of aromatic amines is 1. The summed E-state index contributed by atoms with van der Waals surface area (Å²) >= 11 is 0. The monoisotopic (exact) mass is 495 g/mol. The number of tetrazole rings is 1. The van der Waals surface area contributed by atoms with Crippen molar-refractivity contribution in [2.75, 3.05) is 26.2 Å². The molecular weight excluding hydrogens is 470 g/mol. The fourth-order valence-corrected chi connectivity index (χ4v) is 4.60. The summed E-state index contributed by atoms with van der Waals surface area (Å²) < 4.78 is 11.6. The number of H-pyrrole nitrogens is 1. The second kappa shape index (κ2) is 10.2. The average molecular weight is 496 g/mol.